The fraction of sp³-hybridized carbons (Fsp3) is 0.667. The second-order valence-electron chi connectivity index (χ2n) is 6.34. The first-order valence-electron chi connectivity index (χ1n) is 6.76. The zero-order valence-electron chi connectivity index (χ0n) is 12.2. The predicted molar refractivity (Wildman–Crippen MR) is 72.3 cm³/mol. The summed E-state index contributed by atoms with van der Waals surface area (Å²) in [7, 11) is 1.87. The first-order valence-corrected chi connectivity index (χ1v) is 6.76. The Balaban J connectivity index is 2.36. The smallest absolute Gasteiger partial charge is 0.159 e. The lowest BCUT2D eigenvalue weighted by atomic mass is 9.61. The Morgan fingerprint density at radius 2 is 2.16 bits per heavy atom. The molecule has 102 valence electrons. The molecule has 4 heteroatoms. The molecule has 1 heterocycles. The number of hydrogen-bond acceptors (Lipinski definition) is 3. The fourth-order valence-electron chi connectivity index (χ4n) is 3.16. The summed E-state index contributed by atoms with van der Waals surface area (Å²) in [6.07, 6.45) is 2.95. The van der Waals surface area contributed by atoms with Crippen LogP contribution in [0.5, 0.6) is 0 Å². The van der Waals surface area contributed by atoms with Crippen LogP contribution in [0, 0.1) is 29.1 Å². The van der Waals surface area contributed by atoms with Gasteiger partial charge >= 0.3 is 0 Å². The van der Waals surface area contributed by atoms with E-state index in [2.05, 4.69) is 11.2 Å². The van der Waals surface area contributed by atoms with Gasteiger partial charge in [0.15, 0.2) is 5.78 Å². The van der Waals surface area contributed by atoms with Gasteiger partial charge in [0.1, 0.15) is 5.41 Å². The van der Waals surface area contributed by atoms with E-state index in [1.165, 1.54) is 0 Å². The summed E-state index contributed by atoms with van der Waals surface area (Å²) in [6, 6.07) is 4.28. The number of carbonyl (C=O) groups excluding carboxylic acids is 1. The zero-order chi connectivity index (χ0) is 14.3. The molecule has 1 aromatic heterocycles. The van der Waals surface area contributed by atoms with Crippen LogP contribution in [0.15, 0.2) is 6.07 Å². The van der Waals surface area contributed by atoms with E-state index >= 15 is 0 Å². The Bertz CT molecular complexity index is 550. The van der Waals surface area contributed by atoms with Gasteiger partial charge in [-0.3, -0.25) is 9.48 Å². The van der Waals surface area contributed by atoms with E-state index in [4.69, 9.17) is 0 Å². The normalized spacial score (nSPS) is 26.2. The topological polar surface area (TPSA) is 58.7 Å². The van der Waals surface area contributed by atoms with Crippen molar-refractivity contribution in [2.75, 3.05) is 0 Å². The predicted octanol–water partition coefficient (Wildman–Crippen LogP) is 2.56. The van der Waals surface area contributed by atoms with E-state index in [-0.39, 0.29) is 11.2 Å². The molecular formula is C15H21N3O. The molecule has 1 aliphatic rings. The number of nitrogens with zero attached hydrogens (tertiary/aromatic N) is 3. The molecule has 1 unspecified atom stereocenters. The second kappa shape index (κ2) is 4.48. The van der Waals surface area contributed by atoms with E-state index in [0.29, 0.717) is 12.8 Å². The molecule has 1 atom stereocenters. The van der Waals surface area contributed by atoms with Crippen molar-refractivity contribution in [3.8, 4) is 6.07 Å². The van der Waals surface area contributed by atoms with Crippen LogP contribution in [-0.2, 0) is 18.3 Å². The van der Waals surface area contributed by atoms with Crippen LogP contribution in [0.1, 0.15) is 44.5 Å². The number of aromatic nitrogens is 2. The lowest BCUT2D eigenvalue weighted by Gasteiger charge is -2.38. The average molecular weight is 259 g/mol. The van der Waals surface area contributed by atoms with Crippen molar-refractivity contribution >= 4 is 5.78 Å². The van der Waals surface area contributed by atoms with Gasteiger partial charge in [-0.2, -0.15) is 10.4 Å². The van der Waals surface area contributed by atoms with E-state index in [1.54, 1.807) is 4.68 Å². The maximum Gasteiger partial charge on any atom is 0.159 e. The largest absolute Gasteiger partial charge is 0.297 e. The SMILES string of the molecule is Cc1cc(CC2(C#N)CCCC(C)(C)C2=O)n(C)n1. The zero-order valence-corrected chi connectivity index (χ0v) is 12.2. The molecule has 1 saturated carbocycles. The van der Waals surface area contributed by atoms with Gasteiger partial charge in [0.2, 0.25) is 0 Å². The summed E-state index contributed by atoms with van der Waals surface area (Å²) < 4.78 is 1.78. The van der Waals surface area contributed by atoms with Gasteiger partial charge in [-0.15, -0.1) is 0 Å². The van der Waals surface area contributed by atoms with Gasteiger partial charge in [-0.25, -0.2) is 0 Å². The van der Waals surface area contributed by atoms with Crippen LogP contribution < -0.4 is 0 Å². The first kappa shape index (κ1) is 13.8. The number of aryl methyl sites for hydroxylation is 2. The van der Waals surface area contributed by atoms with Crippen molar-refractivity contribution in [3.63, 3.8) is 0 Å². The Kier molecular flexibility index (Phi) is 3.25. The molecule has 0 amide bonds. The van der Waals surface area contributed by atoms with E-state index in [9.17, 15) is 10.1 Å². The van der Waals surface area contributed by atoms with Gasteiger partial charge in [-0.1, -0.05) is 20.3 Å². The summed E-state index contributed by atoms with van der Waals surface area (Å²) in [5.41, 5.74) is 0.627. The van der Waals surface area contributed by atoms with Crippen molar-refractivity contribution in [3.05, 3.63) is 17.5 Å². The maximum absolute atomic E-state index is 12.7. The molecule has 0 saturated heterocycles. The minimum absolute atomic E-state index is 0.0904. The number of hydrogen-bond donors (Lipinski definition) is 0. The molecule has 4 nitrogen and oxygen atoms in total. The molecule has 0 radical (unpaired) electrons. The average Bonchev–Trinajstić information content (AvgIpc) is 2.64. The standard InChI is InChI=1S/C15H21N3O/c1-11-8-12(18(4)17-11)9-15(10-16)7-5-6-14(2,3)13(15)19/h8H,5-7,9H2,1-4H3. The first-order chi connectivity index (χ1) is 8.81. The number of nitriles is 1. The highest BCUT2D eigenvalue weighted by molar-refractivity contribution is 5.93. The molecule has 0 aliphatic heterocycles. The van der Waals surface area contributed by atoms with Crippen molar-refractivity contribution in [1.29, 1.82) is 5.26 Å². The second-order valence-corrected chi connectivity index (χ2v) is 6.34. The number of carbonyl (C=O) groups is 1. The lowest BCUT2D eigenvalue weighted by molar-refractivity contribution is -0.138. The minimum atomic E-state index is -0.873. The van der Waals surface area contributed by atoms with Crippen molar-refractivity contribution in [2.45, 2.75) is 46.5 Å². The van der Waals surface area contributed by atoms with Gasteiger partial charge in [0.25, 0.3) is 0 Å². The van der Waals surface area contributed by atoms with E-state index < -0.39 is 5.41 Å². The minimum Gasteiger partial charge on any atom is -0.297 e. The quantitative estimate of drug-likeness (QED) is 0.820. The summed E-state index contributed by atoms with van der Waals surface area (Å²) in [6.45, 7) is 5.83. The maximum atomic E-state index is 12.7. The van der Waals surface area contributed by atoms with Crippen LogP contribution in [-0.4, -0.2) is 15.6 Å². The Morgan fingerprint density at radius 3 is 2.68 bits per heavy atom. The van der Waals surface area contributed by atoms with Gasteiger partial charge in [0, 0.05) is 24.6 Å². The van der Waals surface area contributed by atoms with Crippen LogP contribution in [0.25, 0.3) is 0 Å². The number of ketones is 1. The monoisotopic (exact) mass is 259 g/mol. The third kappa shape index (κ3) is 2.30. The Hall–Kier alpha value is -1.63. The summed E-state index contributed by atoms with van der Waals surface area (Å²) in [4.78, 5) is 12.7. The van der Waals surface area contributed by atoms with Gasteiger partial charge in [-0.05, 0) is 25.8 Å². The Labute approximate surface area is 114 Å². The third-order valence-corrected chi connectivity index (χ3v) is 4.25. The Morgan fingerprint density at radius 1 is 1.47 bits per heavy atom. The molecule has 1 aromatic rings. The van der Waals surface area contributed by atoms with Crippen molar-refractivity contribution < 1.29 is 4.79 Å². The summed E-state index contributed by atoms with van der Waals surface area (Å²) in [5, 5.41) is 13.9. The molecule has 1 aliphatic carbocycles. The van der Waals surface area contributed by atoms with Crippen molar-refractivity contribution in [1.82, 2.24) is 9.78 Å². The number of Topliss-reactive ketones (excluding diaryl/α,β-unsaturated/α-hetero) is 1. The molecule has 0 spiro atoms. The molecule has 1 fully saturated rings. The molecule has 0 N–H and O–H groups in total. The van der Waals surface area contributed by atoms with Crippen LogP contribution in [0.2, 0.25) is 0 Å². The van der Waals surface area contributed by atoms with Crippen LogP contribution in [0.4, 0.5) is 0 Å². The van der Waals surface area contributed by atoms with Crippen LogP contribution in [0.3, 0.4) is 0 Å². The van der Waals surface area contributed by atoms with Crippen molar-refractivity contribution in [2.24, 2.45) is 17.9 Å². The van der Waals surface area contributed by atoms with E-state index in [1.807, 2.05) is 33.9 Å². The number of rotatable bonds is 2. The van der Waals surface area contributed by atoms with Crippen LogP contribution >= 0.6 is 0 Å². The highest BCUT2D eigenvalue weighted by Gasteiger charge is 2.49. The third-order valence-electron chi connectivity index (χ3n) is 4.25. The molecule has 0 aromatic carbocycles. The molecule has 0 bridgehead atoms. The highest BCUT2D eigenvalue weighted by Crippen LogP contribution is 2.44. The summed E-state index contributed by atoms with van der Waals surface area (Å²) >= 11 is 0. The molecular weight excluding hydrogens is 238 g/mol. The lowest BCUT2D eigenvalue weighted by Crippen LogP contribution is -2.45. The highest BCUT2D eigenvalue weighted by atomic mass is 16.1. The van der Waals surface area contributed by atoms with Gasteiger partial charge in [0.05, 0.1) is 11.8 Å². The summed E-state index contributed by atoms with van der Waals surface area (Å²) in [5.74, 6) is 0.0904. The molecule has 2 rings (SSSR count). The van der Waals surface area contributed by atoms with Gasteiger partial charge < -0.3 is 0 Å². The van der Waals surface area contributed by atoms with E-state index in [0.717, 1.165) is 24.2 Å². The fourth-order valence-corrected chi connectivity index (χ4v) is 3.16. The molecule has 19 heavy (non-hydrogen) atoms.